The number of nitrogens with zero attached hydrogens (tertiary/aromatic N) is 2. The average Bonchev–Trinajstić information content (AvgIpc) is 2.89. The highest BCUT2D eigenvalue weighted by Gasteiger charge is 2.50. The number of aromatic amines is 1. The molecule has 6 N–H and O–H groups in total. The summed E-state index contributed by atoms with van der Waals surface area (Å²) in [7, 11) is 1.67. The van der Waals surface area contributed by atoms with Gasteiger partial charge in [-0.25, -0.2) is 4.98 Å². The topological polar surface area (TPSA) is 145 Å². The first kappa shape index (κ1) is 14.1. The lowest BCUT2D eigenvalue weighted by Crippen LogP contribution is -2.36. The Hall–Kier alpha value is -1.81. The number of aromatic nitrogens is 2. The zero-order chi connectivity index (χ0) is 15.3. The van der Waals surface area contributed by atoms with Crippen molar-refractivity contribution >= 4 is 17.9 Å². The molecule has 1 aromatic heterocycles. The molecule has 1 aromatic rings. The third kappa shape index (κ3) is 2.05. The maximum Gasteiger partial charge on any atom is 0.324 e. The Labute approximate surface area is 119 Å². The van der Waals surface area contributed by atoms with Gasteiger partial charge in [-0.3, -0.25) is 9.78 Å². The number of hydrogen-bond acceptors (Lipinski definition) is 7. The van der Waals surface area contributed by atoms with Gasteiger partial charge in [0.05, 0.1) is 6.61 Å². The van der Waals surface area contributed by atoms with Gasteiger partial charge in [0.15, 0.2) is 6.21 Å². The van der Waals surface area contributed by atoms with E-state index in [1.807, 2.05) is 0 Å². The minimum atomic E-state index is -1.19. The van der Waals surface area contributed by atoms with Crippen LogP contribution in [0.4, 0.5) is 11.6 Å². The molecule has 0 amide bonds. The van der Waals surface area contributed by atoms with Crippen molar-refractivity contribution in [3.8, 4) is 0 Å². The standard InChI is InChI=1S/C12H16N4O5/c1-16-2-4(6-7(16)11(20)15-12(13)14-6)10-9(19)8(18)5(3-17)21-10/h2,4-5,8-10,17-19H,3H2,1H3,(H2-,13,14,15,20)/p+1/t4?,5-,8+,9?,10+/m1/s1. The molecule has 0 aromatic carbocycles. The van der Waals surface area contributed by atoms with Gasteiger partial charge in [-0.2, -0.15) is 4.58 Å². The second-order valence-corrected chi connectivity index (χ2v) is 5.27. The highest BCUT2D eigenvalue weighted by molar-refractivity contribution is 5.72. The van der Waals surface area contributed by atoms with Crippen LogP contribution >= 0.6 is 0 Å². The number of fused-ring (bicyclic) bond motifs is 1. The average molecular weight is 297 g/mol. The number of anilines is 1. The molecule has 2 aliphatic heterocycles. The number of rotatable bonds is 2. The molecule has 9 nitrogen and oxygen atoms in total. The SMILES string of the molecule is C[N+]1=CC([C@@H]2O[C@H](CO)[C@H](O)C2O)c2nc(N)[nH]c(=O)c21. The summed E-state index contributed by atoms with van der Waals surface area (Å²) in [4.78, 5) is 18.5. The molecule has 3 rings (SSSR count). The van der Waals surface area contributed by atoms with Crippen molar-refractivity contribution in [3.05, 3.63) is 16.0 Å². The second-order valence-electron chi connectivity index (χ2n) is 5.27. The predicted molar refractivity (Wildman–Crippen MR) is 71.7 cm³/mol. The summed E-state index contributed by atoms with van der Waals surface area (Å²) in [5.41, 5.74) is 5.89. The van der Waals surface area contributed by atoms with Gasteiger partial charge in [0.25, 0.3) is 5.69 Å². The Morgan fingerprint density at radius 1 is 1.48 bits per heavy atom. The van der Waals surface area contributed by atoms with Crippen molar-refractivity contribution < 1.29 is 24.6 Å². The molecule has 0 aliphatic carbocycles. The van der Waals surface area contributed by atoms with Crippen LogP contribution in [0.1, 0.15) is 11.6 Å². The summed E-state index contributed by atoms with van der Waals surface area (Å²) in [5, 5.41) is 29.1. The Bertz CT molecular complexity index is 658. The van der Waals surface area contributed by atoms with Crippen molar-refractivity contribution in [2.75, 3.05) is 19.4 Å². The van der Waals surface area contributed by atoms with E-state index in [9.17, 15) is 15.0 Å². The molecule has 0 bridgehead atoms. The first-order chi connectivity index (χ1) is 9.93. The van der Waals surface area contributed by atoms with Crippen LogP contribution in [-0.4, -0.2) is 74.1 Å². The lowest BCUT2D eigenvalue weighted by atomic mass is 9.95. The molecule has 114 valence electrons. The lowest BCUT2D eigenvalue weighted by molar-refractivity contribution is -0.398. The van der Waals surface area contributed by atoms with Crippen molar-refractivity contribution in [1.82, 2.24) is 9.97 Å². The zero-order valence-corrected chi connectivity index (χ0v) is 11.3. The molecular weight excluding hydrogens is 280 g/mol. The van der Waals surface area contributed by atoms with Crippen LogP contribution in [0, 0.1) is 0 Å². The molecular formula is C12H17N4O5+. The molecule has 1 fully saturated rings. The molecule has 0 spiro atoms. The van der Waals surface area contributed by atoms with E-state index >= 15 is 0 Å². The number of hydrogen-bond donors (Lipinski definition) is 5. The molecule has 1 saturated heterocycles. The summed E-state index contributed by atoms with van der Waals surface area (Å²) in [5.74, 6) is -0.560. The zero-order valence-electron chi connectivity index (χ0n) is 11.3. The van der Waals surface area contributed by atoms with Crippen molar-refractivity contribution in [1.29, 1.82) is 0 Å². The van der Waals surface area contributed by atoms with Gasteiger partial charge in [0, 0.05) is 0 Å². The van der Waals surface area contributed by atoms with E-state index in [-0.39, 0.29) is 11.5 Å². The summed E-state index contributed by atoms with van der Waals surface area (Å²) in [6.07, 6.45) is -2.39. The fraction of sp³-hybridized carbons (Fsp3) is 0.583. The smallest absolute Gasteiger partial charge is 0.324 e. The quantitative estimate of drug-likeness (QED) is 0.373. The van der Waals surface area contributed by atoms with Crippen LogP contribution in [-0.2, 0) is 4.74 Å². The van der Waals surface area contributed by atoms with Gasteiger partial charge < -0.3 is 25.8 Å². The Morgan fingerprint density at radius 2 is 2.19 bits per heavy atom. The number of nitrogen functional groups attached to an aromatic ring is 1. The van der Waals surface area contributed by atoms with Crippen LogP contribution in [0.5, 0.6) is 0 Å². The van der Waals surface area contributed by atoms with Crippen molar-refractivity contribution in [3.63, 3.8) is 0 Å². The number of nitrogens with one attached hydrogen (secondary N) is 1. The molecule has 5 atom stereocenters. The number of nitrogens with two attached hydrogens (primary N) is 1. The van der Waals surface area contributed by atoms with Gasteiger partial charge in [-0.15, -0.1) is 0 Å². The molecule has 2 aliphatic rings. The number of H-pyrrole nitrogens is 1. The summed E-state index contributed by atoms with van der Waals surface area (Å²) in [6.45, 7) is -0.408. The highest BCUT2D eigenvalue weighted by Crippen LogP contribution is 2.36. The fourth-order valence-corrected chi connectivity index (χ4v) is 2.93. The van der Waals surface area contributed by atoms with E-state index in [1.165, 1.54) is 0 Å². The molecule has 0 saturated carbocycles. The van der Waals surface area contributed by atoms with Gasteiger partial charge in [0.1, 0.15) is 43.1 Å². The van der Waals surface area contributed by atoms with Crippen molar-refractivity contribution in [2.24, 2.45) is 0 Å². The van der Waals surface area contributed by atoms with Crippen LogP contribution < -0.4 is 11.3 Å². The van der Waals surface area contributed by atoms with Crippen LogP contribution in [0.15, 0.2) is 4.79 Å². The third-order valence-corrected chi connectivity index (χ3v) is 3.93. The van der Waals surface area contributed by atoms with E-state index in [4.69, 9.17) is 15.6 Å². The van der Waals surface area contributed by atoms with Gasteiger partial charge in [0.2, 0.25) is 5.95 Å². The van der Waals surface area contributed by atoms with Crippen LogP contribution in [0.2, 0.25) is 0 Å². The predicted octanol–water partition coefficient (Wildman–Crippen LogP) is -2.72. The Kier molecular flexibility index (Phi) is 3.29. The molecule has 3 heterocycles. The van der Waals surface area contributed by atoms with Gasteiger partial charge in [-0.1, -0.05) is 0 Å². The monoisotopic (exact) mass is 297 g/mol. The Morgan fingerprint density at radius 3 is 2.81 bits per heavy atom. The van der Waals surface area contributed by atoms with E-state index in [0.29, 0.717) is 11.4 Å². The van der Waals surface area contributed by atoms with Crippen molar-refractivity contribution in [2.45, 2.75) is 30.3 Å². The van der Waals surface area contributed by atoms with Gasteiger partial charge in [-0.05, 0) is 0 Å². The minimum absolute atomic E-state index is 0.0285. The number of aliphatic hydroxyl groups is 3. The molecule has 2 unspecified atom stereocenters. The lowest BCUT2D eigenvalue weighted by Gasteiger charge is -2.17. The first-order valence-corrected chi connectivity index (χ1v) is 6.54. The maximum atomic E-state index is 11.9. The van der Waals surface area contributed by atoms with E-state index in [1.54, 1.807) is 17.8 Å². The van der Waals surface area contributed by atoms with Gasteiger partial charge >= 0.3 is 5.56 Å². The van der Waals surface area contributed by atoms with E-state index < -0.39 is 36.9 Å². The van der Waals surface area contributed by atoms with E-state index in [0.717, 1.165) is 0 Å². The highest BCUT2D eigenvalue weighted by atomic mass is 16.6. The first-order valence-electron chi connectivity index (χ1n) is 6.54. The Balaban J connectivity index is 2.02. The summed E-state index contributed by atoms with van der Waals surface area (Å²) in [6, 6.07) is 0. The van der Waals surface area contributed by atoms with Crippen LogP contribution in [0.25, 0.3) is 0 Å². The minimum Gasteiger partial charge on any atom is -0.394 e. The largest absolute Gasteiger partial charge is 0.394 e. The summed E-state index contributed by atoms with van der Waals surface area (Å²) >= 11 is 0. The molecule has 0 radical (unpaired) electrons. The third-order valence-electron chi connectivity index (χ3n) is 3.93. The summed E-state index contributed by atoms with van der Waals surface area (Å²) < 4.78 is 7.09. The second kappa shape index (κ2) is 4.88. The molecule has 9 heteroatoms. The fourth-order valence-electron chi connectivity index (χ4n) is 2.93. The number of aliphatic hydroxyl groups excluding tert-OH is 3. The normalized spacial score (nSPS) is 34.9. The molecule has 21 heavy (non-hydrogen) atoms. The van der Waals surface area contributed by atoms with E-state index in [2.05, 4.69) is 9.97 Å². The number of ether oxygens (including phenoxy) is 1. The maximum absolute atomic E-state index is 11.9. The van der Waals surface area contributed by atoms with Crippen LogP contribution in [0.3, 0.4) is 0 Å².